The number of rotatable bonds is 12. The van der Waals surface area contributed by atoms with Gasteiger partial charge in [0.1, 0.15) is 0 Å². The first kappa shape index (κ1) is 85.1. The van der Waals surface area contributed by atoms with Crippen molar-refractivity contribution in [2.75, 3.05) is 0 Å². The SMILES string of the molecule is [C-]#[N+]c1ccc(-c2cc(-c3ccc4c(c3)c3ccccc3n4-c3ccccc3)cc3c4ccccc4n(-c4ccccc4)c23)c([N+]#[C-])c1.[C-]#[N+]c1ccc(C#N)cc1-c1cc(-c2ccc3c(c2)c2ccccc2n3-c2ccccc2)cc2c3ccccc3n(-c3ccccc3)c12.[C-]#[N+]c1cccc([N+]#[C-])c1-c1cc(-c2ccc3c(c2)c2ccccc2n3-c2ccccc2)cc2c3ccccc3n(-c3ccccc3)c12. The summed E-state index contributed by atoms with van der Waals surface area (Å²) in [4.78, 5) is 19.3. The molecule has 0 N–H and O–H groups in total. The Balaban J connectivity index is 0.000000113. The summed E-state index contributed by atoms with van der Waals surface area (Å²) in [7, 11) is 0. The minimum atomic E-state index is 0.459. The fraction of sp³-hybridized carbons (Fsp3) is 0. The third-order valence-corrected chi connectivity index (χ3v) is 28.0. The number of benzene rings is 21. The van der Waals surface area contributed by atoms with Gasteiger partial charge in [-0.2, -0.15) is 5.26 Å². The molecule has 12 heteroatoms. The van der Waals surface area contributed by atoms with Crippen molar-refractivity contribution in [3.05, 3.63) is 536 Å². The van der Waals surface area contributed by atoms with Gasteiger partial charge >= 0.3 is 0 Å². The van der Waals surface area contributed by atoms with Crippen LogP contribution in [0.2, 0.25) is 0 Å². The Bertz CT molecular complexity index is 10200. The van der Waals surface area contributed by atoms with Crippen LogP contribution in [-0.4, -0.2) is 27.4 Å². The van der Waals surface area contributed by atoms with Gasteiger partial charge in [0.15, 0.2) is 28.4 Å². The maximum absolute atomic E-state index is 9.90. The molecule has 0 spiro atoms. The van der Waals surface area contributed by atoms with Crippen LogP contribution < -0.4 is 0 Å². The van der Waals surface area contributed by atoms with Crippen molar-refractivity contribution in [3.63, 3.8) is 0 Å². The highest BCUT2D eigenvalue weighted by Gasteiger charge is 2.28. The third-order valence-electron chi connectivity index (χ3n) is 28.0. The van der Waals surface area contributed by atoms with Crippen molar-refractivity contribution < 1.29 is 0 Å². The molecular formula is C132H78N12. The van der Waals surface area contributed by atoms with Crippen molar-refractivity contribution >= 4 is 159 Å². The summed E-state index contributed by atoms with van der Waals surface area (Å²) in [6, 6.07) is 166. The zero-order chi connectivity index (χ0) is 96.6. The van der Waals surface area contributed by atoms with Gasteiger partial charge in [-0.3, -0.25) is 0 Å². The van der Waals surface area contributed by atoms with Gasteiger partial charge in [0.05, 0.1) is 111 Å². The molecule has 0 radical (unpaired) electrons. The van der Waals surface area contributed by atoms with E-state index in [2.05, 4.69) is 416 Å². The highest BCUT2D eigenvalue weighted by atomic mass is 15.0. The molecule has 144 heavy (non-hydrogen) atoms. The summed E-state index contributed by atoms with van der Waals surface area (Å²) < 4.78 is 13.8. The van der Waals surface area contributed by atoms with Crippen molar-refractivity contribution in [1.82, 2.24) is 27.4 Å². The first-order valence-electron chi connectivity index (χ1n) is 47.6. The third kappa shape index (κ3) is 14.2. The van der Waals surface area contributed by atoms with Crippen LogP contribution in [0.15, 0.2) is 473 Å². The molecule has 0 aliphatic rings. The molecule has 6 heterocycles. The Morgan fingerprint density at radius 3 is 0.778 bits per heavy atom. The average molecular weight is 1830 g/mol. The fourth-order valence-electron chi connectivity index (χ4n) is 21.8. The number of para-hydroxylation sites is 12. The lowest BCUT2D eigenvalue weighted by atomic mass is 9.93. The molecule has 666 valence electrons. The van der Waals surface area contributed by atoms with Gasteiger partial charge in [-0.25, -0.2) is 24.2 Å². The minimum Gasteiger partial charge on any atom is -0.309 e. The second kappa shape index (κ2) is 35.5. The Morgan fingerprint density at radius 2 is 0.451 bits per heavy atom. The van der Waals surface area contributed by atoms with E-state index in [1.165, 1.54) is 37.8 Å². The van der Waals surface area contributed by atoms with E-state index in [4.69, 9.17) is 32.9 Å². The van der Waals surface area contributed by atoms with Crippen LogP contribution in [0, 0.1) is 44.2 Å². The summed E-state index contributed by atoms with van der Waals surface area (Å²) in [5.74, 6) is 0. The molecule has 0 aliphatic carbocycles. The molecule has 0 bridgehead atoms. The van der Waals surface area contributed by atoms with E-state index in [0.29, 0.717) is 39.6 Å². The predicted octanol–water partition coefficient (Wildman–Crippen LogP) is 36.3. The van der Waals surface area contributed by atoms with E-state index >= 15 is 0 Å². The molecule has 21 aromatic carbocycles. The molecule has 27 aromatic rings. The highest BCUT2D eigenvalue weighted by molar-refractivity contribution is 6.22. The van der Waals surface area contributed by atoms with Gasteiger partial charge in [0.2, 0.25) is 0 Å². The Labute approximate surface area is 829 Å². The topological polar surface area (TPSA) is 75.2 Å². The van der Waals surface area contributed by atoms with E-state index in [1.54, 1.807) is 24.3 Å². The maximum atomic E-state index is 9.90. The predicted molar refractivity (Wildman–Crippen MR) is 594 cm³/mol. The Hall–Kier alpha value is -20.6. The summed E-state index contributed by atoms with van der Waals surface area (Å²) in [5, 5.41) is 23.7. The van der Waals surface area contributed by atoms with Crippen LogP contribution in [-0.2, 0) is 0 Å². The number of hydrogen-bond donors (Lipinski definition) is 0. The first-order valence-corrected chi connectivity index (χ1v) is 47.6. The van der Waals surface area contributed by atoms with Gasteiger partial charge in [-0.15, -0.1) is 0 Å². The smallest absolute Gasteiger partial charge is 0.195 e. The Morgan fingerprint density at radius 1 is 0.174 bits per heavy atom. The van der Waals surface area contributed by atoms with E-state index in [0.717, 1.165) is 188 Å². The van der Waals surface area contributed by atoms with Crippen LogP contribution in [0.5, 0.6) is 0 Å². The largest absolute Gasteiger partial charge is 0.309 e. The van der Waals surface area contributed by atoms with Crippen LogP contribution in [0.4, 0.5) is 28.4 Å². The van der Waals surface area contributed by atoms with Gasteiger partial charge < -0.3 is 27.4 Å². The monoisotopic (exact) mass is 1830 g/mol. The molecular weight excluding hydrogens is 1750 g/mol. The van der Waals surface area contributed by atoms with E-state index in [9.17, 15) is 5.26 Å². The number of hydrogen-bond acceptors (Lipinski definition) is 1. The summed E-state index contributed by atoms with van der Waals surface area (Å²) in [6.07, 6.45) is 0. The summed E-state index contributed by atoms with van der Waals surface area (Å²) in [6.45, 7) is 40.0. The average Bonchev–Trinajstić information content (AvgIpc) is 1.57. The second-order valence-corrected chi connectivity index (χ2v) is 35.9. The van der Waals surface area contributed by atoms with E-state index in [-0.39, 0.29) is 0 Å². The highest BCUT2D eigenvalue weighted by Crippen LogP contribution is 2.52. The Kier molecular flexibility index (Phi) is 21.0. The molecule has 0 amide bonds. The van der Waals surface area contributed by atoms with Crippen molar-refractivity contribution in [2.45, 2.75) is 0 Å². The van der Waals surface area contributed by atoms with Crippen LogP contribution in [0.1, 0.15) is 5.56 Å². The van der Waals surface area contributed by atoms with Crippen molar-refractivity contribution in [3.8, 4) is 107 Å². The molecule has 0 unspecified atom stereocenters. The van der Waals surface area contributed by atoms with Gasteiger partial charge in [-0.05, 0) is 255 Å². The van der Waals surface area contributed by atoms with Gasteiger partial charge in [0, 0.05) is 98.8 Å². The molecule has 0 saturated carbocycles. The molecule has 0 fully saturated rings. The molecule has 0 saturated heterocycles. The standard InChI is InChI=1S/3C44H26N4/c1-45-38-20-13-21-39(46-2)43(38)37-28-30(27-36-34-19-10-12-23-41(34)48(44(36)37)32-16-7-4-8-17-32)29-24-25-42-35(26-29)33-18-9-11-22-40(33)47(42)31-14-5-3-6-15-31;1-45-31-22-23-34(40(28-31)46-2)38-26-30(27-39-36-18-10-12-20-42(36)48(44(38)39)33-15-7-4-8-16-33)29-21-24-43-37(25-29)35-17-9-11-19-41(35)47(43)32-13-5-3-6-14-32;1-46-40-22-20-29(28-45)24-36(40)39-27-31(26-38-35-17-9-11-19-42(35)48(44(38)39)33-14-6-3-7-15-33)30-21-23-43-37(25-30)34-16-8-10-18-41(34)47(43)32-12-4-2-5-13-32/h2*3-28H;2-27H. The second-order valence-electron chi connectivity index (χ2n) is 35.9. The van der Waals surface area contributed by atoms with Gasteiger partial charge in [-0.1, -0.05) is 285 Å². The number of nitriles is 1. The van der Waals surface area contributed by atoms with Crippen molar-refractivity contribution in [2.24, 2.45) is 0 Å². The normalized spacial score (nSPS) is 11.3. The maximum Gasteiger partial charge on any atom is 0.195 e. The molecule has 6 aromatic heterocycles. The van der Waals surface area contributed by atoms with Crippen LogP contribution >= 0.6 is 0 Å². The molecule has 12 nitrogen and oxygen atoms in total. The number of nitrogens with zero attached hydrogens (tertiary/aromatic N) is 12. The number of aromatic nitrogens is 6. The van der Waals surface area contributed by atoms with Crippen LogP contribution in [0.3, 0.4) is 0 Å². The van der Waals surface area contributed by atoms with Crippen molar-refractivity contribution in [1.29, 1.82) is 5.26 Å². The lowest BCUT2D eigenvalue weighted by Crippen LogP contribution is -1.96. The zero-order valence-corrected chi connectivity index (χ0v) is 77.4. The zero-order valence-electron chi connectivity index (χ0n) is 77.4. The first-order chi connectivity index (χ1) is 71.2. The van der Waals surface area contributed by atoms with E-state index < -0.39 is 0 Å². The molecule has 0 atom stereocenters. The fourth-order valence-corrected chi connectivity index (χ4v) is 21.8. The molecule has 0 aliphatic heterocycles. The minimum absolute atomic E-state index is 0.459. The van der Waals surface area contributed by atoms with E-state index in [1.807, 2.05) is 91.0 Å². The lowest BCUT2D eigenvalue weighted by molar-refractivity contribution is 1.18. The molecule has 27 rings (SSSR count). The van der Waals surface area contributed by atoms with Crippen LogP contribution in [0.25, 0.3) is 256 Å². The van der Waals surface area contributed by atoms with Gasteiger partial charge in [0.25, 0.3) is 0 Å². The summed E-state index contributed by atoms with van der Waals surface area (Å²) >= 11 is 0. The quantitative estimate of drug-likeness (QED) is 0.112. The summed E-state index contributed by atoms with van der Waals surface area (Å²) in [5.41, 5.74) is 33.9. The number of fused-ring (bicyclic) bond motifs is 18. The lowest BCUT2D eigenvalue weighted by Gasteiger charge is -2.16.